The van der Waals surface area contributed by atoms with Gasteiger partial charge in [0.05, 0.1) is 32.9 Å². The van der Waals surface area contributed by atoms with Gasteiger partial charge in [-0.05, 0) is 42.8 Å². The van der Waals surface area contributed by atoms with Gasteiger partial charge >= 0.3 is 5.97 Å². The second kappa shape index (κ2) is 11.1. The molecule has 2 N–H and O–H groups in total. The Balaban J connectivity index is 1.68. The highest BCUT2D eigenvalue weighted by molar-refractivity contribution is 5.98. The molecular formula is C28H29FN2O5. The number of carboxylic acids is 1. The van der Waals surface area contributed by atoms with Crippen molar-refractivity contribution in [3.05, 3.63) is 88.9 Å². The van der Waals surface area contributed by atoms with E-state index in [-0.39, 0.29) is 18.1 Å². The number of aromatic nitrogens is 1. The Kier molecular flexibility index (Phi) is 7.75. The molecule has 0 aliphatic heterocycles. The average molecular weight is 493 g/mol. The van der Waals surface area contributed by atoms with E-state index in [2.05, 4.69) is 5.32 Å². The summed E-state index contributed by atoms with van der Waals surface area (Å²) in [6.07, 6.45) is 0. The van der Waals surface area contributed by atoms with Gasteiger partial charge in [-0.3, -0.25) is 0 Å². The fourth-order valence-electron chi connectivity index (χ4n) is 4.34. The lowest BCUT2D eigenvalue weighted by molar-refractivity contribution is 0.0684. The lowest BCUT2D eigenvalue weighted by Gasteiger charge is -2.12. The molecule has 1 heterocycles. The van der Waals surface area contributed by atoms with Crippen molar-refractivity contribution in [1.82, 2.24) is 9.88 Å². The molecule has 0 bridgehead atoms. The molecule has 4 rings (SSSR count). The Morgan fingerprint density at radius 2 is 1.81 bits per heavy atom. The fraction of sp³-hybridized carbons (Fsp3) is 0.250. The van der Waals surface area contributed by atoms with Crippen molar-refractivity contribution in [3.63, 3.8) is 0 Å². The standard InChI is InChI=1S/C28H29FN2O5/c1-4-36-25-12-9-18(13-26(25)35-3)15-30-16-22-21-11-10-20(34-2)14-24(21)31(27(22)28(32)33)17-19-7-5-6-8-23(19)29/h5-14,30H,4,15-17H2,1-3H3,(H,32,33). The van der Waals surface area contributed by atoms with E-state index in [1.165, 1.54) is 6.07 Å². The van der Waals surface area contributed by atoms with E-state index in [0.29, 0.717) is 53.6 Å². The molecule has 0 fully saturated rings. The molecule has 8 heteroatoms. The molecule has 0 amide bonds. The molecule has 0 aliphatic carbocycles. The molecule has 3 aromatic carbocycles. The third-order valence-corrected chi connectivity index (χ3v) is 6.02. The van der Waals surface area contributed by atoms with Crippen LogP contribution in [0.3, 0.4) is 0 Å². The van der Waals surface area contributed by atoms with Gasteiger partial charge < -0.3 is 29.2 Å². The Hall–Kier alpha value is -4.04. The number of fused-ring (bicyclic) bond motifs is 1. The zero-order valence-corrected chi connectivity index (χ0v) is 20.5. The predicted octanol–water partition coefficient (Wildman–Crippen LogP) is 5.23. The SMILES string of the molecule is CCOc1ccc(CNCc2c(C(=O)O)n(Cc3ccccc3F)c3cc(OC)ccc23)cc1OC. The number of carboxylic acid groups (broad SMARTS) is 1. The first-order chi connectivity index (χ1) is 17.5. The third kappa shape index (κ3) is 5.13. The van der Waals surface area contributed by atoms with Crippen LogP contribution in [0.2, 0.25) is 0 Å². The number of halogens is 1. The number of hydrogen-bond donors (Lipinski definition) is 2. The summed E-state index contributed by atoms with van der Waals surface area (Å²) in [5.74, 6) is 0.425. The van der Waals surface area contributed by atoms with Crippen LogP contribution in [0.4, 0.5) is 4.39 Å². The predicted molar refractivity (Wildman–Crippen MR) is 136 cm³/mol. The molecule has 0 saturated carbocycles. The summed E-state index contributed by atoms with van der Waals surface area (Å²) in [6.45, 7) is 3.30. The number of aromatic carboxylic acids is 1. The fourth-order valence-corrected chi connectivity index (χ4v) is 4.34. The van der Waals surface area contributed by atoms with E-state index in [9.17, 15) is 14.3 Å². The van der Waals surface area contributed by atoms with Gasteiger partial charge in [-0.1, -0.05) is 24.3 Å². The van der Waals surface area contributed by atoms with Gasteiger partial charge in [0.25, 0.3) is 0 Å². The topological polar surface area (TPSA) is 82.0 Å². The van der Waals surface area contributed by atoms with Crippen molar-refractivity contribution in [1.29, 1.82) is 0 Å². The van der Waals surface area contributed by atoms with Crippen LogP contribution in [0.1, 0.15) is 34.1 Å². The van der Waals surface area contributed by atoms with Crippen molar-refractivity contribution in [2.45, 2.75) is 26.6 Å². The van der Waals surface area contributed by atoms with Crippen LogP contribution in [-0.2, 0) is 19.6 Å². The molecule has 7 nitrogen and oxygen atoms in total. The van der Waals surface area contributed by atoms with E-state index in [1.807, 2.05) is 31.2 Å². The highest BCUT2D eigenvalue weighted by atomic mass is 19.1. The van der Waals surface area contributed by atoms with Crippen molar-refractivity contribution in [3.8, 4) is 17.2 Å². The van der Waals surface area contributed by atoms with Crippen molar-refractivity contribution in [2.24, 2.45) is 0 Å². The lowest BCUT2D eigenvalue weighted by Crippen LogP contribution is -2.17. The summed E-state index contributed by atoms with van der Waals surface area (Å²) in [5, 5.41) is 14.3. The zero-order valence-electron chi connectivity index (χ0n) is 20.5. The van der Waals surface area contributed by atoms with Crippen molar-refractivity contribution < 1.29 is 28.5 Å². The molecule has 0 radical (unpaired) electrons. The Bertz CT molecular complexity index is 1380. The van der Waals surface area contributed by atoms with Gasteiger partial charge in [0.2, 0.25) is 0 Å². The molecule has 0 spiro atoms. The maximum Gasteiger partial charge on any atom is 0.352 e. The minimum absolute atomic E-state index is 0.0774. The first kappa shape index (κ1) is 25.1. The third-order valence-electron chi connectivity index (χ3n) is 6.02. The van der Waals surface area contributed by atoms with Gasteiger partial charge in [-0.15, -0.1) is 0 Å². The number of nitrogens with zero attached hydrogens (tertiary/aromatic N) is 1. The summed E-state index contributed by atoms with van der Waals surface area (Å²) in [4.78, 5) is 12.5. The van der Waals surface area contributed by atoms with Gasteiger partial charge in [0.1, 0.15) is 17.3 Å². The molecule has 0 unspecified atom stereocenters. The van der Waals surface area contributed by atoms with E-state index in [0.717, 1.165) is 10.9 Å². The first-order valence-corrected chi connectivity index (χ1v) is 11.6. The largest absolute Gasteiger partial charge is 0.497 e. The van der Waals surface area contributed by atoms with E-state index >= 15 is 0 Å². The van der Waals surface area contributed by atoms with Crippen LogP contribution >= 0.6 is 0 Å². The van der Waals surface area contributed by atoms with Gasteiger partial charge in [0.15, 0.2) is 11.5 Å². The number of methoxy groups -OCH3 is 2. The summed E-state index contributed by atoms with van der Waals surface area (Å²) in [7, 11) is 3.14. The second-order valence-electron chi connectivity index (χ2n) is 8.21. The number of ether oxygens (including phenoxy) is 3. The normalized spacial score (nSPS) is 11.0. The maximum absolute atomic E-state index is 14.5. The highest BCUT2D eigenvalue weighted by Crippen LogP contribution is 2.32. The van der Waals surface area contributed by atoms with Crippen LogP contribution in [0.15, 0.2) is 60.7 Å². The van der Waals surface area contributed by atoms with Crippen LogP contribution in [0.5, 0.6) is 17.2 Å². The zero-order chi connectivity index (χ0) is 25.7. The lowest BCUT2D eigenvalue weighted by atomic mass is 10.1. The first-order valence-electron chi connectivity index (χ1n) is 11.6. The van der Waals surface area contributed by atoms with Crippen LogP contribution in [0, 0.1) is 5.82 Å². The average Bonchev–Trinajstić information content (AvgIpc) is 3.18. The minimum atomic E-state index is -1.08. The van der Waals surface area contributed by atoms with E-state index in [1.54, 1.807) is 49.1 Å². The van der Waals surface area contributed by atoms with Crippen LogP contribution in [-0.4, -0.2) is 36.5 Å². The van der Waals surface area contributed by atoms with Gasteiger partial charge in [-0.25, -0.2) is 9.18 Å². The van der Waals surface area contributed by atoms with Gasteiger partial charge in [-0.2, -0.15) is 0 Å². The Morgan fingerprint density at radius 3 is 2.50 bits per heavy atom. The molecule has 4 aromatic rings. The maximum atomic E-state index is 14.5. The summed E-state index contributed by atoms with van der Waals surface area (Å²) < 4.78 is 32.5. The highest BCUT2D eigenvalue weighted by Gasteiger charge is 2.23. The Morgan fingerprint density at radius 1 is 1.00 bits per heavy atom. The molecule has 0 atom stereocenters. The quantitative estimate of drug-likeness (QED) is 0.298. The minimum Gasteiger partial charge on any atom is -0.497 e. The number of rotatable bonds is 11. The summed E-state index contributed by atoms with van der Waals surface area (Å²) >= 11 is 0. The molecule has 0 aliphatic rings. The molecule has 36 heavy (non-hydrogen) atoms. The second-order valence-corrected chi connectivity index (χ2v) is 8.21. The van der Waals surface area contributed by atoms with Crippen LogP contribution in [0.25, 0.3) is 10.9 Å². The number of nitrogens with one attached hydrogen (secondary N) is 1. The monoisotopic (exact) mass is 492 g/mol. The molecule has 188 valence electrons. The molecular weight excluding hydrogens is 463 g/mol. The van der Waals surface area contributed by atoms with Crippen molar-refractivity contribution in [2.75, 3.05) is 20.8 Å². The number of carbonyl (C=O) groups is 1. The van der Waals surface area contributed by atoms with E-state index in [4.69, 9.17) is 14.2 Å². The van der Waals surface area contributed by atoms with Gasteiger partial charge in [0, 0.05) is 35.7 Å². The van der Waals surface area contributed by atoms with Crippen LogP contribution < -0.4 is 19.5 Å². The molecule has 1 aromatic heterocycles. The van der Waals surface area contributed by atoms with E-state index < -0.39 is 5.97 Å². The number of hydrogen-bond acceptors (Lipinski definition) is 5. The summed E-state index contributed by atoms with van der Waals surface area (Å²) in [5.41, 5.74) is 2.76. The molecule has 0 saturated heterocycles. The summed E-state index contributed by atoms with van der Waals surface area (Å²) in [6, 6.07) is 17.5. The van der Waals surface area contributed by atoms with Crippen molar-refractivity contribution >= 4 is 16.9 Å². The Labute approximate surface area is 209 Å². The number of benzene rings is 3. The smallest absolute Gasteiger partial charge is 0.352 e.